The van der Waals surface area contributed by atoms with Crippen LogP contribution in [-0.2, 0) is 11.2 Å². The number of hydrogen-bond donors (Lipinski definition) is 1. The highest BCUT2D eigenvalue weighted by Crippen LogP contribution is 2.12. The van der Waals surface area contributed by atoms with Gasteiger partial charge in [0.05, 0.1) is 0 Å². The largest absolute Gasteiger partial charge is 0.481 e. The van der Waals surface area contributed by atoms with Gasteiger partial charge in [-0.3, -0.25) is 9.59 Å². The predicted molar refractivity (Wildman–Crippen MR) is 66.5 cm³/mol. The third-order valence-corrected chi connectivity index (χ3v) is 2.86. The third-order valence-electron chi connectivity index (χ3n) is 2.86. The summed E-state index contributed by atoms with van der Waals surface area (Å²) in [5, 5.41) is 8.68. The smallest absolute Gasteiger partial charge is 0.303 e. The van der Waals surface area contributed by atoms with Crippen LogP contribution in [0.1, 0.15) is 43.1 Å². The van der Waals surface area contributed by atoms with Crippen molar-refractivity contribution in [1.29, 1.82) is 0 Å². The van der Waals surface area contributed by atoms with Crippen LogP contribution >= 0.6 is 0 Å². The molecule has 17 heavy (non-hydrogen) atoms. The Morgan fingerprint density at radius 1 is 1.41 bits per heavy atom. The molecule has 0 spiro atoms. The molecular formula is C13H19NO3. The number of carboxylic acids is 1. The Morgan fingerprint density at radius 3 is 2.47 bits per heavy atom. The number of nitrogens with zero attached hydrogens (tertiary/aromatic N) is 1. The molecule has 0 saturated carbocycles. The lowest BCUT2D eigenvalue weighted by Gasteiger charge is -2.17. The van der Waals surface area contributed by atoms with E-state index in [1.165, 1.54) is 0 Å². The molecule has 0 radical (unpaired) electrons. The molecule has 0 bridgehead atoms. The van der Waals surface area contributed by atoms with Gasteiger partial charge in [0, 0.05) is 23.7 Å². The molecule has 1 N–H and O–H groups in total. The Morgan fingerprint density at radius 2 is 2.00 bits per heavy atom. The molecule has 4 nitrogen and oxygen atoms in total. The van der Waals surface area contributed by atoms with Crippen LogP contribution in [0.25, 0.3) is 0 Å². The van der Waals surface area contributed by atoms with Gasteiger partial charge in [-0.15, -0.1) is 0 Å². The van der Waals surface area contributed by atoms with E-state index in [-0.39, 0.29) is 18.0 Å². The fourth-order valence-electron chi connectivity index (χ4n) is 2.12. The predicted octanol–water partition coefficient (Wildman–Crippen LogP) is 2.06. The van der Waals surface area contributed by atoms with Crippen molar-refractivity contribution >= 4 is 5.97 Å². The van der Waals surface area contributed by atoms with E-state index in [1.54, 1.807) is 4.57 Å². The second-order valence-electron chi connectivity index (χ2n) is 4.61. The number of hydrogen-bond acceptors (Lipinski definition) is 2. The van der Waals surface area contributed by atoms with Gasteiger partial charge < -0.3 is 9.67 Å². The number of carbonyl (C=O) groups is 1. The normalized spacial score (nSPS) is 10.9. The molecule has 1 aromatic rings. The first-order chi connectivity index (χ1) is 7.84. The summed E-state index contributed by atoms with van der Waals surface area (Å²) in [6.45, 7) is 7.65. The van der Waals surface area contributed by atoms with Gasteiger partial charge in [-0.1, -0.05) is 0 Å². The van der Waals surface area contributed by atoms with Crippen molar-refractivity contribution < 1.29 is 9.90 Å². The summed E-state index contributed by atoms with van der Waals surface area (Å²) < 4.78 is 1.71. The molecule has 1 heterocycles. The molecule has 0 saturated heterocycles. The first-order valence-electron chi connectivity index (χ1n) is 5.78. The Kier molecular flexibility index (Phi) is 4.10. The molecule has 0 aliphatic heterocycles. The number of carboxylic acid groups (broad SMARTS) is 1. The van der Waals surface area contributed by atoms with E-state index < -0.39 is 5.97 Å². The molecule has 4 heteroatoms. The second kappa shape index (κ2) is 5.17. The van der Waals surface area contributed by atoms with Crippen LogP contribution in [0.5, 0.6) is 0 Å². The molecular weight excluding hydrogens is 218 g/mol. The van der Waals surface area contributed by atoms with Gasteiger partial charge in [-0.2, -0.15) is 0 Å². The topological polar surface area (TPSA) is 59.3 Å². The van der Waals surface area contributed by atoms with Crippen molar-refractivity contribution in [3.63, 3.8) is 0 Å². The number of rotatable bonds is 4. The third kappa shape index (κ3) is 2.96. The van der Waals surface area contributed by atoms with Crippen LogP contribution in [-0.4, -0.2) is 15.6 Å². The average Bonchev–Trinajstić information content (AvgIpc) is 2.14. The molecule has 0 aliphatic carbocycles. The van der Waals surface area contributed by atoms with Crippen LogP contribution in [0.3, 0.4) is 0 Å². The highest BCUT2D eigenvalue weighted by atomic mass is 16.4. The van der Waals surface area contributed by atoms with Crippen LogP contribution in [0.2, 0.25) is 0 Å². The summed E-state index contributed by atoms with van der Waals surface area (Å²) in [5.74, 6) is -0.875. The molecule has 0 aromatic carbocycles. The minimum atomic E-state index is -0.875. The van der Waals surface area contributed by atoms with E-state index in [1.807, 2.05) is 33.8 Å². The summed E-state index contributed by atoms with van der Waals surface area (Å²) in [4.78, 5) is 22.8. The molecule has 0 fully saturated rings. The Bertz CT molecular complexity index is 486. The maximum Gasteiger partial charge on any atom is 0.303 e. The molecule has 1 aromatic heterocycles. The van der Waals surface area contributed by atoms with Crippen molar-refractivity contribution in [3.8, 4) is 0 Å². The molecule has 94 valence electrons. The van der Waals surface area contributed by atoms with E-state index in [0.717, 1.165) is 11.3 Å². The van der Waals surface area contributed by atoms with E-state index in [2.05, 4.69) is 0 Å². The van der Waals surface area contributed by atoms with Crippen molar-refractivity contribution in [1.82, 2.24) is 4.57 Å². The maximum absolute atomic E-state index is 12.2. The monoisotopic (exact) mass is 237 g/mol. The highest BCUT2D eigenvalue weighted by Gasteiger charge is 2.13. The second-order valence-corrected chi connectivity index (χ2v) is 4.61. The zero-order valence-corrected chi connectivity index (χ0v) is 10.8. The molecule has 0 atom stereocenters. The van der Waals surface area contributed by atoms with Gasteiger partial charge in [-0.05, 0) is 45.7 Å². The molecule has 1 rings (SSSR count). The van der Waals surface area contributed by atoms with Crippen molar-refractivity contribution in [2.75, 3.05) is 0 Å². The van der Waals surface area contributed by atoms with Crippen LogP contribution in [0.15, 0.2) is 10.9 Å². The SMILES string of the molecule is Cc1cc(C)n(C(C)C)c(=O)c1CCC(=O)O. The maximum atomic E-state index is 12.2. The van der Waals surface area contributed by atoms with E-state index in [0.29, 0.717) is 12.0 Å². The lowest BCUT2D eigenvalue weighted by Crippen LogP contribution is -2.28. The summed E-state index contributed by atoms with van der Waals surface area (Å²) in [7, 11) is 0. The summed E-state index contributed by atoms with van der Waals surface area (Å²) in [6.07, 6.45) is 0.296. The molecule has 0 aliphatic rings. The van der Waals surface area contributed by atoms with Crippen molar-refractivity contribution in [2.24, 2.45) is 0 Å². The van der Waals surface area contributed by atoms with Gasteiger partial charge in [0.1, 0.15) is 0 Å². The van der Waals surface area contributed by atoms with Crippen molar-refractivity contribution in [2.45, 2.75) is 46.6 Å². The van der Waals surface area contributed by atoms with Gasteiger partial charge in [-0.25, -0.2) is 0 Å². The first kappa shape index (κ1) is 13.5. The van der Waals surface area contributed by atoms with Gasteiger partial charge in [0.15, 0.2) is 0 Å². The Balaban J connectivity index is 3.26. The van der Waals surface area contributed by atoms with Gasteiger partial charge in [0.2, 0.25) is 0 Å². The summed E-state index contributed by atoms with van der Waals surface area (Å²) in [5.41, 5.74) is 2.36. The number of aliphatic carboxylic acids is 1. The van der Waals surface area contributed by atoms with Crippen LogP contribution in [0.4, 0.5) is 0 Å². The standard InChI is InChI=1S/C13H19NO3/c1-8(2)14-10(4)7-9(3)11(13(14)17)5-6-12(15)16/h7-8H,5-6H2,1-4H3,(H,15,16). The van der Waals surface area contributed by atoms with Crippen LogP contribution < -0.4 is 5.56 Å². The lowest BCUT2D eigenvalue weighted by molar-refractivity contribution is -0.136. The average molecular weight is 237 g/mol. The van der Waals surface area contributed by atoms with E-state index in [4.69, 9.17) is 5.11 Å². The van der Waals surface area contributed by atoms with Gasteiger partial charge >= 0.3 is 5.97 Å². The van der Waals surface area contributed by atoms with Crippen molar-refractivity contribution in [3.05, 3.63) is 33.2 Å². The molecule has 0 amide bonds. The highest BCUT2D eigenvalue weighted by molar-refractivity contribution is 5.67. The zero-order valence-electron chi connectivity index (χ0n) is 10.8. The summed E-state index contributed by atoms with van der Waals surface area (Å²) >= 11 is 0. The Hall–Kier alpha value is -1.58. The number of pyridine rings is 1. The minimum absolute atomic E-state index is 0.00274. The first-order valence-corrected chi connectivity index (χ1v) is 5.78. The Labute approximate surface area is 101 Å². The fourth-order valence-corrected chi connectivity index (χ4v) is 2.12. The molecule has 0 unspecified atom stereocenters. The number of aromatic nitrogens is 1. The van der Waals surface area contributed by atoms with Gasteiger partial charge in [0.25, 0.3) is 5.56 Å². The minimum Gasteiger partial charge on any atom is -0.481 e. The quantitative estimate of drug-likeness (QED) is 0.872. The fraction of sp³-hybridized carbons (Fsp3) is 0.538. The summed E-state index contributed by atoms with van der Waals surface area (Å²) in [6, 6.07) is 2.03. The zero-order chi connectivity index (χ0) is 13.2. The lowest BCUT2D eigenvalue weighted by atomic mass is 10.0. The van der Waals surface area contributed by atoms with E-state index in [9.17, 15) is 9.59 Å². The van der Waals surface area contributed by atoms with Crippen LogP contribution in [0, 0.1) is 13.8 Å². The van der Waals surface area contributed by atoms with E-state index >= 15 is 0 Å². The number of aryl methyl sites for hydroxylation is 2.